The average molecular weight is 278 g/mol. The van der Waals surface area contributed by atoms with E-state index in [1.807, 2.05) is 40.3 Å². The summed E-state index contributed by atoms with van der Waals surface area (Å²) in [5.41, 5.74) is 7.96. The zero-order chi connectivity index (χ0) is 15.2. The molecule has 2 rings (SSSR count). The molecule has 0 atom stereocenters. The van der Waals surface area contributed by atoms with E-state index in [1.54, 1.807) is 0 Å². The number of rotatable bonds is 4. The predicted molar refractivity (Wildman–Crippen MR) is 94.0 cm³/mol. The zero-order valence-electron chi connectivity index (χ0n) is 13.2. The quantitative estimate of drug-likeness (QED) is 0.775. The Hall–Kier alpha value is -2.44. The highest BCUT2D eigenvalue weighted by atomic mass is 15.1. The van der Waals surface area contributed by atoms with Gasteiger partial charge >= 0.3 is 0 Å². The maximum absolute atomic E-state index is 3.24. The van der Waals surface area contributed by atoms with E-state index in [0.29, 0.717) is 0 Å². The summed E-state index contributed by atoms with van der Waals surface area (Å²) >= 11 is 0. The summed E-state index contributed by atoms with van der Waals surface area (Å²) in [5, 5.41) is 0. The standard InChI is InChI=1S/C19H22N2/c1-20(2)18-12-8-16(9-13-18)6-5-7-17-10-14-19(15-11-17)21(3)4/h6-15H,1-4H3. The van der Waals surface area contributed by atoms with E-state index < -0.39 is 0 Å². The number of benzene rings is 2. The lowest BCUT2D eigenvalue weighted by molar-refractivity contribution is 1.13. The van der Waals surface area contributed by atoms with Crippen LogP contribution < -0.4 is 9.80 Å². The van der Waals surface area contributed by atoms with Crippen LogP contribution in [0.5, 0.6) is 0 Å². The van der Waals surface area contributed by atoms with Gasteiger partial charge in [-0.05, 0) is 47.5 Å². The topological polar surface area (TPSA) is 6.48 Å². The van der Waals surface area contributed by atoms with Gasteiger partial charge in [0.15, 0.2) is 0 Å². The number of nitrogens with zero attached hydrogens (tertiary/aromatic N) is 2. The molecule has 0 heterocycles. The van der Waals surface area contributed by atoms with E-state index in [1.165, 1.54) is 11.4 Å². The Kier molecular flexibility index (Phi) is 4.86. The van der Waals surface area contributed by atoms with Gasteiger partial charge in [0.1, 0.15) is 0 Å². The molecular weight excluding hydrogens is 256 g/mol. The van der Waals surface area contributed by atoms with E-state index in [2.05, 4.69) is 64.1 Å². The SMILES string of the molecule is CN(C)c1ccc(C=C=Cc2ccc(N(C)C)cc2)cc1. The van der Waals surface area contributed by atoms with Gasteiger partial charge in [0, 0.05) is 39.6 Å². The van der Waals surface area contributed by atoms with Gasteiger partial charge in [-0.3, -0.25) is 0 Å². The van der Waals surface area contributed by atoms with E-state index in [-0.39, 0.29) is 0 Å². The van der Waals surface area contributed by atoms with Gasteiger partial charge in [-0.15, -0.1) is 5.73 Å². The van der Waals surface area contributed by atoms with Crippen LogP contribution in [0.15, 0.2) is 54.3 Å². The maximum atomic E-state index is 3.24. The highest BCUT2D eigenvalue weighted by Crippen LogP contribution is 2.14. The van der Waals surface area contributed by atoms with E-state index in [0.717, 1.165) is 11.1 Å². The van der Waals surface area contributed by atoms with Crippen molar-refractivity contribution in [3.05, 3.63) is 65.4 Å². The van der Waals surface area contributed by atoms with Crippen LogP contribution in [0.2, 0.25) is 0 Å². The fraction of sp³-hybridized carbons (Fsp3) is 0.211. The van der Waals surface area contributed by atoms with E-state index in [4.69, 9.17) is 0 Å². The molecule has 2 nitrogen and oxygen atoms in total. The first-order valence-electron chi connectivity index (χ1n) is 7.03. The molecule has 2 aromatic rings. The van der Waals surface area contributed by atoms with Gasteiger partial charge in [-0.2, -0.15) is 0 Å². The first-order chi connectivity index (χ1) is 10.1. The van der Waals surface area contributed by atoms with Crippen molar-refractivity contribution in [2.24, 2.45) is 0 Å². The highest BCUT2D eigenvalue weighted by Gasteiger charge is 1.94. The Morgan fingerprint density at radius 3 is 1.24 bits per heavy atom. The van der Waals surface area contributed by atoms with Crippen molar-refractivity contribution in [1.29, 1.82) is 0 Å². The van der Waals surface area contributed by atoms with Crippen molar-refractivity contribution in [3.8, 4) is 0 Å². The third-order valence-corrected chi connectivity index (χ3v) is 3.32. The van der Waals surface area contributed by atoms with Crippen molar-refractivity contribution >= 4 is 23.5 Å². The molecule has 0 N–H and O–H groups in total. The van der Waals surface area contributed by atoms with Crippen LogP contribution in [0.1, 0.15) is 11.1 Å². The fourth-order valence-electron chi connectivity index (χ4n) is 1.97. The molecular formula is C19H22N2. The molecule has 0 aliphatic carbocycles. The summed E-state index contributed by atoms with van der Waals surface area (Å²) < 4.78 is 0. The number of anilines is 2. The summed E-state index contributed by atoms with van der Waals surface area (Å²) in [6.45, 7) is 0. The van der Waals surface area contributed by atoms with Crippen molar-refractivity contribution < 1.29 is 0 Å². The summed E-state index contributed by atoms with van der Waals surface area (Å²) in [6, 6.07) is 16.9. The molecule has 0 spiro atoms. The molecule has 0 amide bonds. The molecule has 21 heavy (non-hydrogen) atoms. The normalized spacial score (nSPS) is 9.71. The molecule has 2 heteroatoms. The summed E-state index contributed by atoms with van der Waals surface area (Å²) in [5.74, 6) is 0. The minimum atomic E-state index is 1.15. The second-order valence-corrected chi connectivity index (χ2v) is 5.43. The molecule has 0 saturated carbocycles. The fourth-order valence-corrected chi connectivity index (χ4v) is 1.97. The van der Waals surface area contributed by atoms with Crippen LogP contribution in [-0.2, 0) is 0 Å². The third kappa shape index (κ3) is 4.27. The molecule has 0 aromatic heterocycles. The lowest BCUT2D eigenvalue weighted by atomic mass is 10.1. The van der Waals surface area contributed by atoms with Crippen molar-refractivity contribution in [3.63, 3.8) is 0 Å². The molecule has 2 aromatic carbocycles. The summed E-state index contributed by atoms with van der Waals surface area (Å²) in [6.07, 6.45) is 4.00. The average Bonchev–Trinajstić information content (AvgIpc) is 2.48. The largest absolute Gasteiger partial charge is 0.378 e. The van der Waals surface area contributed by atoms with Gasteiger partial charge in [0.25, 0.3) is 0 Å². The van der Waals surface area contributed by atoms with Gasteiger partial charge in [0.2, 0.25) is 0 Å². The Bertz CT molecular complexity index is 573. The Morgan fingerprint density at radius 1 is 0.619 bits per heavy atom. The van der Waals surface area contributed by atoms with Crippen LogP contribution in [0.4, 0.5) is 11.4 Å². The van der Waals surface area contributed by atoms with Crippen LogP contribution in [0.25, 0.3) is 12.2 Å². The molecule has 0 aliphatic rings. The summed E-state index contributed by atoms with van der Waals surface area (Å²) in [4.78, 5) is 4.19. The van der Waals surface area contributed by atoms with Crippen LogP contribution >= 0.6 is 0 Å². The second-order valence-electron chi connectivity index (χ2n) is 5.43. The smallest absolute Gasteiger partial charge is 0.0361 e. The summed E-state index contributed by atoms with van der Waals surface area (Å²) in [7, 11) is 8.18. The Balaban J connectivity index is 2.09. The minimum absolute atomic E-state index is 1.15. The van der Waals surface area contributed by atoms with Gasteiger partial charge in [-0.1, -0.05) is 24.3 Å². The lowest BCUT2D eigenvalue weighted by Gasteiger charge is -2.11. The number of hydrogen-bond acceptors (Lipinski definition) is 2. The van der Waals surface area contributed by atoms with Crippen LogP contribution in [0, 0.1) is 0 Å². The minimum Gasteiger partial charge on any atom is -0.378 e. The van der Waals surface area contributed by atoms with Crippen LogP contribution in [0.3, 0.4) is 0 Å². The van der Waals surface area contributed by atoms with Gasteiger partial charge in [0.05, 0.1) is 0 Å². The Morgan fingerprint density at radius 2 is 0.952 bits per heavy atom. The van der Waals surface area contributed by atoms with Crippen LogP contribution in [-0.4, -0.2) is 28.2 Å². The molecule has 0 bridgehead atoms. The van der Waals surface area contributed by atoms with E-state index >= 15 is 0 Å². The van der Waals surface area contributed by atoms with Crippen molar-refractivity contribution in [2.45, 2.75) is 0 Å². The first-order valence-corrected chi connectivity index (χ1v) is 7.03. The monoisotopic (exact) mass is 278 g/mol. The molecule has 0 radical (unpaired) electrons. The maximum Gasteiger partial charge on any atom is 0.0361 e. The molecule has 0 fully saturated rings. The zero-order valence-corrected chi connectivity index (χ0v) is 13.2. The second kappa shape index (κ2) is 6.83. The first kappa shape index (κ1) is 15.0. The van der Waals surface area contributed by atoms with Crippen molar-refractivity contribution in [1.82, 2.24) is 0 Å². The lowest BCUT2D eigenvalue weighted by Crippen LogP contribution is -2.07. The predicted octanol–water partition coefficient (Wildman–Crippen LogP) is 4.14. The van der Waals surface area contributed by atoms with Gasteiger partial charge < -0.3 is 9.80 Å². The highest BCUT2D eigenvalue weighted by molar-refractivity contribution is 5.61. The number of hydrogen-bond donors (Lipinski definition) is 0. The molecule has 0 aliphatic heterocycles. The van der Waals surface area contributed by atoms with E-state index in [9.17, 15) is 0 Å². The Labute approximate surface area is 127 Å². The van der Waals surface area contributed by atoms with Gasteiger partial charge in [-0.25, -0.2) is 0 Å². The molecule has 0 saturated heterocycles. The molecule has 108 valence electrons. The van der Waals surface area contributed by atoms with Crippen molar-refractivity contribution in [2.75, 3.05) is 38.0 Å². The third-order valence-electron chi connectivity index (χ3n) is 3.32. The molecule has 0 unspecified atom stereocenters.